The second-order valence-corrected chi connectivity index (χ2v) is 9.04. The third kappa shape index (κ3) is 32.8. The fourth-order valence-electron chi connectivity index (χ4n) is 2.84. The Balaban J connectivity index is -0.000000119. The van der Waals surface area contributed by atoms with E-state index in [1.54, 1.807) is 20.8 Å². The number of rotatable bonds is 13. The largest absolute Gasteiger partial charge is 1.00 e. The molecular weight excluding hydrogens is 865 g/mol. The molecule has 25 heteroatoms. The number of alkyl halides is 1. The first-order valence-corrected chi connectivity index (χ1v) is 15.2. The Morgan fingerprint density at radius 3 is 1.41 bits per heavy atom. The van der Waals surface area contributed by atoms with Crippen molar-refractivity contribution < 1.29 is 185 Å². The summed E-state index contributed by atoms with van der Waals surface area (Å²) in [6.07, 6.45) is 0. The summed E-state index contributed by atoms with van der Waals surface area (Å²) in [4.78, 5) is 62.0. The van der Waals surface area contributed by atoms with E-state index in [4.69, 9.17) is 42.0 Å². The topological polar surface area (TPSA) is 279 Å². The van der Waals surface area contributed by atoms with E-state index in [0.717, 1.165) is 36.4 Å². The van der Waals surface area contributed by atoms with Gasteiger partial charge in [0.25, 0.3) is 17.8 Å². The zero-order valence-electron chi connectivity index (χ0n) is 31.6. The van der Waals surface area contributed by atoms with E-state index in [-0.39, 0.29) is 180 Å². The van der Waals surface area contributed by atoms with Gasteiger partial charge in [0, 0.05) is 23.9 Å². The van der Waals surface area contributed by atoms with E-state index in [1.165, 1.54) is 12.1 Å². The second-order valence-electron chi connectivity index (χ2n) is 8.77. The number of phenols is 1. The van der Waals surface area contributed by atoms with E-state index >= 15 is 0 Å². The van der Waals surface area contributed by atoms with E-state index in [1.807, 2.05) is 0 Å². The number of halogens is 4. The first kappa shape index (κ1) is 66.7. The van der Waals surface area contributed by atoms with E-state index in [2.05, 4.69) is 19.1 Å². The van der Waals surface area contributed by atoms with Gasteiger partial charge in [0.05, 0.1) is 41.8 Å². The summed E-state index contributed by atoms with van der Waals surface area (Å²) in [6, 6.07) is 9.51. The minimum absolute atomic E-state index is 0. The minimum Gasteiger partial charge on any atom is -1.00 e. The maximum absolute atomic E-state index is 13.3. The van der Waals surface area contributed by atoms with Crippen LogP contribution in [0.5, 0.6) is 17.2 Å². The summed E-state index contributed by atoms with van der Waals surface area (Å²) in [7, 11) is 0. The minimum atomic E-state index is -0.987. The zero-order valence-corrected chi connectivity index (χ0v) is 37.6. The first-order chi connectivity index (χ1) is 25.5. The monoisotopic (exact) mass is 907 g/mol. The van der Waals surface area contributed by atoms with E-state index < -0.39 is 51.6 Å². The number of aromatic hydroxyl groups is 1. The molecule has 3 aromatic rings. The van der Waals surface area contributed by atoms with Crippen LogP contribution in [0.3, 0.4) is 0 Å². The number of nitrogen functional groups attached to an aromatic ring is 1. The van der Waals surface area contributed by atoms with Gasteiger partial charge in [0.15, 0.2) is 47.9 Å². The zero-order chi connectivity index (χ0) is 41.6. The Kier molecular flexibility index (Phi) is 46.7. The van der Waals surface area contributed by atoms with Crippen LogP contribution in [-0.2, 0) is 38.3 Å². The van der Waals surface area contributed by atoms with Crippen LogP contribution in [0.2, 0.25) is 0 Å². The number of ether oxygens (including phenoxy) is 5. The van der Waals surface area contributed by atoms with Gasteiger partial charge in [-0.05, 0) is 45.0 Å². The number of nitrogens with zero attached hydrogens (tertiary/aromatic N) is 2. The molecule has 0 unspecified atom stereocenters. The van der Waals surface area contributed by atoms with Crippen LogP contribution in [0.25, 0.3) is 0 Å². The number of nitro benzene ring substituents is 2. The van der Waals surface area contributed by atoms with Gasteiger partial charge >= 0.3 is 121 Å². The van der Waals surface area contributed by atoms with Crippen molar-refractivity contribution in [2.24, 2.45) is 0 Å². The van der Waals surface area contributed by atoms with Gasteiger partial charge in [0.1, 0.15) is 5.88 Å². The average molecular weight is 908 g/mol. The van der Waals surface area contributed by atoms with Crippen molar-refractivity contribution in [2.75, 3.05) is 44.6 Å². The normalized spacial score (nSPS) is 8.55. The Morgan fingerprint density at radius 1 is 0.741 bits per heavy atom. The van der Waals surface area contributed by atoms with Crippen molar-refractivity contribution in [3.05, 3.63) is 92.3 Å². The summed E-state index contributed by atoms with van der Waals surface area (Å²) in [5, 5.41) is 37.4. The Morgan fingerprint density at radius 2 is 1.10 bits per heavy atom. The third-order valence-corrected chi connectivity index (χ3v) is 5.20. The number of anilines is 1. The molecule has 19 nitrogen and oxygen atoms in total. The first-order valence-electron chi connectivity index (χ1n) is 14.6. The summed E-state index contributed by atoms with van der Waals surface area (Å²) in [6.45, 7) is 5.00. The van der Waals surface area contributed by atoms with Crippen molar-refractivity contribution in [1.29, 1.82) is 0 Å². The molecule has 0 heterocycles. The summed E-state index contributed by atoms with van der Waals surface area (Å²) in [5.41, 5.74) is 4.89. The molecule has 0 atom stereocenters. The quantitative estimate of drug-likeness (QED) is 0.0241. The number of nitro groups is 2. The standard InChI is InChI=1S/C10H10FNO5.C10H12FNO3.C6H4FNO3.C4H7ClO2.CH2O3.2CH4.2K.H/c1-2-16-10(13)6-17-9-4-3-7(12(14)15)5-8(9)11;1-2-14-10(13)6-15-9-4-3-7(12)5-8(9)11;7-5-3-4(8(10)11)1-2-6(5)9;1-2-7-4(6)3-5;2-1-4-3;;;;;/h3-5H,2,6H2,1H3;3-5H,2,6,12H2,1H3;1-3,9H;2-3H2,1H3;1,3H;2*1H4;;;/q;;;;;;;2*+1;-1/p-1. The molecule has 0 radical (unpaired) electrons. The van der Waals surface area contributed by atoms with Crippen LogP contribution < -0.4 is 123 Å². The van der Waals surface area contributed by atoms with Gasteiger partial charge in [-0.3, -0.25) is 29.8 Å². The van der Waals surface area contributed by atoms with Crippen LogP contribution in [-0.4, -0.2) is 78.2 Å². The van der Waals surface area contributed by atoms with Crippen molar-refractivity contribution in [1.82, 2.24) is 0 Å². The Hall–Kier alpha value is -3.15. The Bertz CT molecular complexity index is 1670. The van der Waals surface area contributed by atoms with Gasteiger partial charge < -0.3 is 46.1 Å². The summed E-state index contributed by atoms with van der Waals surface area (Å²) >= 11 is 5.06. The fraction of sp³-hybridized carbons (Fsp3) is 0.333. The second kappa shape index (κ2) is 40.6. The molecule has 0 aromatic heterocycles. The molecule has 0 aliphatic carbocycles. The van der Waals surface area contributed by atoms with Crippen LogP contribution >= 0.6 is 11.6 Å². The molecule has 0 spiro atoms. The number of benzene rings is 3. The SMILES string of the molecule is C.C.CCOC(=O)CCl.CCOC(=O)COc1ccc(N)cc1F.CCOC(=O)COc1ccc([N+](=O)[O-])cc1F.O=CO[O-].O=[N+]([O-])c1ccc(O)c(F)c1.[H-].[K+].[K+]. The molecule has 3 N–H and O–H groups in total. The van der Waals surface area contributed by atoms with Crippen molar-refractivity contribution in [3.63, 3.8) is 0 Å². The number of nitrogens with two attached hydrogens (primary N) is 1. The molecule has 0 saturated heterocycles. The number of non-ortho nitro benzene ring substituents is 2. The molecule has 0 saturated carbocycles. The maximum atomic E-state index is 13.3. The molecular formula is C33H43ClF3K2N3O16. The number of carbonyl (C=O) groups is 4. The molecule has 58 heavy (non-hydrogen) atoms. The molecule has 3 aromatic carbocycles. The Labute approximate surface area is 423 Å². The average Bonchev–Trinajstić information content (AvgIpc) is 3.13. The molecule has 0 aliphatic rings. The van der Waals surface area contributed by atoms with Gasteiger partial charge in [0.2, 0.25) is 0 Å². The summed E-state index contributed by atoms with van der Waals surface area (Å²) in [5.74, 6) is -4.89. The van der Waals surface area contributed by atoms with E-state index in [0.29, 0.717) is 18.4 Å². The van der Waals surface area contributed by atoms with Crippen LogP contribution in [0, 0.1) is 37.7 Å². The van der Waals surface area contributed by atoms with Crippen molar-refractivity contribution >= 4 is 53.0 Å². The van der Waals surface area contributed by atoms with Gasteiger partial charge in [-0.2, -0.15) is 0 Å². The fourth-order valence-corrected chi connectivity index (χ4v) is 2.92. The van der Waals surface area contributed by atoms with Crippen molar-refractivity contribution in [2.45, 2.75) is 35.6 Å². The van der Waals surface area contributed by atoms with Crippen molar-refractivity contribution in [3.8, 4) is 17.2 Å². The molecule has 0 amide bonds. The van der Waals surface area contributed by atoms with E-state index in [9.17, 15) is 47.8 Å². The molecule has 0 aliphatic heterocycles. The van der Waals surface area contributed by atoms with Gasteiger partial charge in [-0.15, -0.1) is 11.6 Å². The number of hydrogen-bond acceptors (Lipinski definition) is 17. The predicted molar refractivity (Wildman–Crippen MR) is 192 cm³/mol. The number of esters is 3. The number of phenolic OH excluding ortho intramolecular Hbond substituents is 1. The molecule has 0 fully saturated rings. The number of carbonyl (C=O) groups excluding carboxylic acids is 4. The van der Waals surface area contributed by atoms with Gasteiger partial charge in [-0.25, -0.2) is 22.8 Å². The summed E-state index contributed by atoms with van der Waals surface area (Å²) < 4.78 is 62.1. The van der Waals surface area contributed by atoms with Gasteiger partial charge in [-0.1, -0.05) is 14.9 Å². The van der Waals surface area contributed by atoms with Crippen LogP contribution in [0.4, 0.5) is 30.2 Å². The molecule has 0 bridgehead atoms. The van der Waals surface area contributed by atoms with Crippen LogP contribution in [0.1, 0.15) is 37.1 Å². The number of hydrogen-bond donors (Lipinski definition) is 2. The van der Waals surface area contributed by atoms with Crippen LogP contribution in [0.15, 0.2) is 54.6 Å². The smallest absolute Gasteiger partial charge is 1.00 e. The predicted octanol–water partition coefficient (Wildman–Crippen LogP) is -0.919. The third-order valence-electron chi connectivity index (χ3n) is 4.98. The molecule has 316 valence electrons. The maximum Gasteiger partial charge on any atom is 1.00 e. The molecule has 3 rings (SSSR count).